The van der Waals surface area contributed by atoms with Gasteiger partial charge in [-0.2, -0.15) is 0 Å². The molecule has 0 aromatic carbocycles. The van der Waals surface area contributed by atoms with E-state index in [4.69, 9.17) is 106 Å². The Labute approximate surface area is 766 Å². The Morgan fingerprint density at radius 1 is 0.250 bits per heavy atom. The predicted octanol–water partition coefficient (Wildman–Crippen LogP) is 3.31. The molecule has 0 saturated carbocycles. The maximum Gasteiger partial charge on any atom is 0.303 e. The molecule has 6 heterocycles. The number of carboxylic acids is 2. The number of pyridine rings is 4. The summed E-state index contributed by atoms with van der Waals surface area (Å²) in [5.74, 6) is -3.10. The third kappa shape index (κ3) is 57.3. The number of carbonyl (C=O) groups is 8. The third-order valence-corrected chi connectivity index (χ3v) is 17.4. The molecule has 0 fully saturated rings. The minimum absolute atomic E-state index is 0.00352. The van der Waals surface area contributed by atoms with Gasteiger partial charge in [-0.15, -0.1) is 40.8 Å². The van der Waals surface area contributed by atoms with Crippen molar-refractivity contribution in [3.05, 3.63) is 78.9 Å². The molecule has 0 radical (unpaired) electrons. The van der Waals surface area contributed by atoms with Crippen LogP contribution in [0.1, 0.15) is 95.5 Å². The van der Waals surface area contributed by atoms with Crippen LogP contribution in [-0.2, 0) is 130 Å². The molecule has 6 rings (SSSR count). The van der Waals surface area contributed by atoms with E-state index in [0.717, 1.165) is 0 Å². The van der Waals surface area contributed by atoms with Gasteiger partial charge >= 0.3 is 11.9 Å². The van der Waals surface area contributed by atoms with E-state index in [9.17, 15) is 38.4 Å². The molecule has 8 N–H and O–H groups in total. The van der Waals surface area contributed by atoms with Crippen molar-refractivity contribution >= 4 is 64.2 Å². The summed E-state index contributed by atoms with van der Waals surface area (Å²) in [6.07, 6.45) is 8.59. The number of anilines is 3. The van der Waals surface area contributed by atoms with Gasteiger partial charge in [0.15, 0.2) is 0 Å². The molecule has 0 bridgehead atoms. The molecule has 0 aliphatic carbocycles. The van der Waals surface area contributed by atoms with E-state index in [1.165, 1.54) is 18.6 Å². The molecule has 4 amide bonds. The lowest BCUT2D eigenvalue weighted by Gasteiger charge is -2.10. The van der Waals surface area contributed by atoms with Gasteiger partial charge in [0, 0.05) is 102 Å². The van der Waals surface area contributed by atoms with E-state index in [1.54, 1.807) is 54.7 Å². The van der Waals surface area contributed by atoms with Crippen LogP contribution in [0.25, 0.3) is 46.1 Å². The molecule has 732 valence electrons. The zero-order valence-corrected chi connectivity index (χ0v) is 74.9. The first-order chi connectivity index (χ1) is 64.7. The number of amides is 4. The highest BCUT2D eigenvalue weighted by molar-refractivity contribution is 5.96. The van der Waals surface area contributed by atoms with Crippen LogP contribution < -0.4 is 21.3 Å². The summed E-state index contributed by atoms with van der Waals surface area (Å²) < 4.78 is 97.9. The predicted molar refractivity (Wildman–Crippen MR) is 470 cm³/mol. The van der Waals surface area contributed by atoms with E-state index >= 15 is 0 Å². The van der Waals surface area contributed by atoms with Crippen LogP contribution in [0, 0.1) is 0 Å². The number of Topliss-reactive ketones (excluding diaryl/α,β-unsaturated/α-hetero) is 2. The SMILES string of the molecule is O=C(CCCOCCOCCOCCOCCOCCOCCOCCOCCOCCO)CCCC(=O)Cc1cccnc1-c1nnc(-c2ncccc2NC(=O)CCCC(=O)NCCOCCOCCOCCOCCOCCOCCOCCOCCOCCO)nn1.O=C(O)CCCC(=O)Nc1cccnc1-c1nnc(-c2ncccc2NC(=O)CCCC(=O)O)nn1. The quantitative estimate of drug-likeness (QED) is 0.0254. The number of aromatic nitrogens is 12. The Balaban J connectivity index is 0.000000707. The number of carbonyl (C=O) groups excluding carboxylic acids is 6. The topological polar surface area (TPSA) is 586 Å². The zero-order valence-electron chi connectivity index (χ0n) is 74.9. The molecular weight excluding hydrogens is 1740 g/mol. The van der Waals surface area contributed by atoms with Gasteiger partial charge < -0.3 is 127 Å². The maximum absolute atomic E-state index is 13.1. The molecule has 0 aliphatic rings. The molecule has 46 nitrogen and oxygen atoms in total. The van der Waals surface area contributed by atoms with Crippen molar-refractivity contribution in [1.29, 1.82) is 0 Å². The minimum Gasteiger partial charge on any atom is -0.481 e. The first-order valence-corrected chi connectivity index (χ1v) is 43.9. The first kappa shape index (κ1) is 112. The lowest BCUT2D eigenvalue weighted by atomic mass is 10.0. The van der Waals surface area contributed by atoms with E-state index in [2.05, 4.69) is 82.0 Å². The fourth-order valence-electron chi connectivity index (χ4n) is 11.0. The van der Waals surface area contributed by atoms with Crippen LogP contribution in [0.2, 0.25) is 0 Å². The number of nitrogens with zero attached hydrogens (tertiary/aromatic N) is 12. The highest BCUT2D eigenvalue weighted by Crippen LogP contribution is 2.27. The van der Waals surface area contributed by atoms with Gasteiger partial charge in [0.25, 0.3) is 0 Å². The van der Waals surface area contributed by atoms with Crippen molar-refractivity contribution in [3.63, 3.8) is 0 Å². The number of carboxylic acid groups (broad SMARTS) is 2. The first-order valence-electron chi connectivity index (χ1n) is 43.9. The van der Waals surface area contributed by atoms with E-state index in [1.807, 2.05) is 0 Å². The highest BCUT2D eigenvalue weighted by atomic mass is 16.6. The molecule has 0 spiro atoms. The number of aliphatic carboxylic acids is 2. The van der Waals surface area contributed by atoms with Gasteiger partial charge in [-0.3, -0.25) is 58.3 Å². The number of nitrogens with one attached hydrogen (secondary N) is 4. The molecule has 0 atom stereocenters. The molecular formula is C86H128N16O30. The van der Waals surface area contributed by atoms with Crippen LogP contribution >= 0.6 is 0 Å². The zero-order chi connectivity index (χ0) is 94.3. The van der Waals surface area contributed by atoms with Crippen LogP contribution in [0.4, 0.5) is 17.1 Å². The van der Waals surface area contributed by atoms with Gasteiger partial charge in [0.05, 0.1) is 262 Å². The summed E-state index contributed by atoms with van der Waals surface area (Å²) in [7, 11) is 0. The number of aliphatic hydroxyl groups is 2. The van der Waals surface area contributed by atoms with Gasteiger partial charge in [-0.05, 0) is 80.1 Å². The Morgan fingerprint density at radius 3 is 0.788 bits per heavy atom. The second-order valence-corrected chi connectivity index (χ2v) is 27.8. The molecule has 6 aromatic heterocycles. The lowest BCUT2D eigenvalue weighted by molar-refractivity contribution is -0.138. The maximum atomic E-state index is 13.1. The average molecular weight is 1870 g/mol. The second kappa shape index (κ2) is 77.3. The van der Waals surface area contributed by atoms with Crippen LogP contribution in [0.3, 0.4) is 0 Å². The van der Waals surface area contributed by atoms with Gasteiger partial charge in [-0.25, -0.2) is 0 Å². The number of ether oxygens (including phenoxy) is 18. The van der Waals surface area contributed by atoms with Crippen LogP contribution in [-0.4, -0.2) is 386 Å². The number of ketones is 2. The van der Waals surface area contributed by atoms with Crippen molar-refractivity contribution in [3.8, 4) is 46.1 Å². The van der Waals surface area contributed by atoms with Crippen molar-refractivity contribution in [2.24, 2.45) is 0 Å². The second-order valence-electron chi connectivity index (χ2n) is 27.8. The summed E-state index contributed by atoms with van der Waals surface area (Å²) in [5.41, 5.74) is 2.53. The Hall–Kier alpha value is -10.2. The van der Waals surface area contributed by atoms with Crippen molar-refractivity contribution in [2.45, 2.75) is 96.3 Å². The Kier molecular flexibility index (Phi) is 65.8. The lowest BCUT2D eigenvalue weighted by Crippen LogP contribution is -2.27. The van der Waals surface area contributed by atoms with Crippen molar-refractivity contribution in [2.75, 3.05) is 274 Å². The Bertz CT molecular complexity index is 3820. The molecule has 6 aromatic rings. The smallest absolute Gasteiger partial charge is 0.303 e. The average Bonchev–Trinajstić information content (AvgIpc) is 0.813. The number of rotatable bonds is 84. The highest BCUT2D eigenvalue weighted by Gasteiger charge is 2.21. The summed E-state index contributed by atoms with van der Waals surface area (Å²) in [6, 6.07) is 13.1. The standard InChI is InChI=1S/C64H106N8O24.C22H22N8O6/c73-16-20-81-24-28-85-32-36-89-40-44-93-48-52-95-50-46-91-42-38-87-34-30-83-26-22-79-18-5-9-56(75)7-1-8-57(76)54-55-6-3-13-66-61(55)63-69-71-64(72-70-63)62-58(10-4-14-67-62)68-60(78)12-2-11-59(77)65-15-19-80-23-27-84-31-35-88-39-43-92-47-51-96-53-49-94-45-41-90-37-33-86-29-25-82-21-17-74;31-15(7-1-9-17(33)34)25-13-5-3-11-23-19(13)21-27-29-22(30-28-21)20-14(6-4-12-24-20)26-16(32)8-2-10-18(35)36/h3-4,6,10,13-14,73-74H,1-2,5,7-9,11-12,15-54H2,(H,65,77)(H,68,78);3-6,11-12H,1-2,7-10H2,(H,25,31)(H,26,32)(H,33,34)(H,35,36). The number of hydrogen-bond donors (Lipinski definition) is 8. The van der Waals surface area contributed by atoms with Gasteiger partial charge in [-0.1, -0.05) is 6.07 Å². The molecule has 0 saturated heterocycles. The van der Waals surface area contributed by atoms with Gasteiger partial charge in [0.1, 0.15) is 34.3 Å². The number of aliphatic hydroxyl groups excluding tert-OH is 2. The largest absolute Gasteiger partial charge is 0.481 e. The van der Waals surface area contributed by atoms with Crippen LogP contribution in [0.15, 0.2) is 73.3 Å². The van der Waals surface area contributed by atoms with Gasteiger partial charge in [0.2, 0.25) is 46.9 Å². The summed E-state index contributed by atoms with van der Waals surface area (Å²) in [6.45, 7) is 15.9. The normalized spacial score (nSPS) is 11.2. The molecule has 0 unspecified atom stereocenters. The molecule has 132 heavy (non-hydrogen) atoms. The van der Waals surface area contributed by atoms with Crippen molar-refractivity contribution < 1.29 is 144 Å². The summed E-state index contributed by atoms with van der Waals surface area (Å²) in [5, 5.41) is 78.7. The van der Waals surface area contributed by atoms with E-state index in [0.29, 0.717) is 298 Å². The monoisotopic (exact) mass is 1860 g/mol. The van der Waals surface area contributed by atoms with Crippen molar-refractivity contribution in [1.82, 2.24) is 66.0 Å². The minimum atomic E-state index is -0.982. The number of hydrogen-bond acceptors (Lipinski definition) is 40. The molecule has 0 aliphatic heterocycles. The third-order valence-electron chi connectivity index (χ3n) is 17.4. The summed E-state index contributed by atoms with van der Waals surface area (Å²) in [4.78, 5) is 114. The van der Waals surface area contributed by atoms with E-state index in [-0.39, 0.29) is 159 Å². The van der Waals surface area contributed by atoms with E-state index < -0.39 is 11.9 Å². The Morgan fingerprint density at radius 2 is 0.485 bits per heavy atom. The fourth-order valence-corrected chi connectivity index (χ4v) is 11.0. The fraction of sp³-hybridized carbons (Fsp3) is 0.628. The molecule has 46 heteroatoms. The van der Waals surface area contributed by atoms with Crippen LogP contribution in [0.5, 0.6) is 0 Å². The summed E-state index contributed by atoms with van der Waals surface area (Å²) >= 11 is 0.